The van der Waals surface area contributed by atoms with Crippen molar-refractivity contribution in [1.82, 2.24) is 9.80 Å². The Hall–Kier alpha value is -0.750. The van der Waals surface area contributed by atoms with E-state index in [9.17, 15) is 13.6 Å². The van der Waals surface area contributed by atoms with Gasteiger partial charge in [-0.15, -0.1) is 0 Å². The fourth-order valence-corrected chi connectivity index (χ4v) is 2.05. The van der Waals surface area contributed by atoms with Crippen LogP contribution in [-0.2, 0) is 4.79 Å². The molecule has 2 N–H and O–H groups in total. The lowest BCUT2D eigenvalue weighted by Gasteiger charge is -2.36. The third-order valence-electron chi connectivity index (χ3n) is 3.62. The first-order chi connectivity index (χ1) is 8.45. The molecule has 0 aromatic rings. The molecule has 1 rings (SSSR count). The van der Waals surface area contributed by atoms with E-state index in [1.54, 1.807) is 9.80 Å². The third-order valence-corrected chi connectivity index (χ3v) is 3.62. The predicted molar refractivity (Wildman–Crippen MR) is 66.5 cm³/mol. The van der Waals surface area contributed by atoms with Crippen LogP contribution in [0.2, 0.25) is 0 Å². The molecule has 1 amide bonds. The number of halogens is 2. The molecule has 0 bridgehead atoms. The van der Waals surface area contributed by atoms with Crippen molar-refractivity contribution in [3.8, 4) is 0 Å². The van der Waals surface area contributed by atoms with Crippen LogP contribution in [0.3, 0.4) is 0 Å². The van der Waals surface area contributed by atoms with Gasteiger partial charge in [0.2, 0.25) is 5.91 Å². The number of alkyl halides is 2. The number of hydrogen-bond acceptors (Lipinski definition) is 3. The first kappa shape index (κ1) is 15.3. The second-order valence-corrected chi connectivity index (χ2v) is 4.93. The van der Waals surface area contributed by atoms with Crippen LogP contribution in [0.4, 0.5) is 8.78 Å². The number of amides is 1. The number of piperazine rings is 1. The first-order valence-electron chi connectivity index (χ1n) is 6.50. The molecule has 1 aliphatic rings. The molecule has 2 unspecified atom stereocenters. The fraction of sp³-hybridized carbons (Fsp3) is 0.917. The molecular formula is C12H23F2N3O. The zero-order valence-electron chi connectivity index (χ0n) is 11.1. The molecule has 0 saturated carbocycles. The Balaban J connectivity index is 2.40. The summed E-state index contributed by atoms with van der Waals surface area (Å²) in [6.45, 7) is 5.74. The highest BCUT2D eigenvalue weighted by Crippen LogP contribution is 2.11. The highest BCUT2D eigenvalue weighted by molar-refractivity contribution is 5.82. The van der Waals surface area contributed by atoms with Gasteiger partial charge < -0.3 is 10.6 Å². The van der Waals surface area contributed by atoms with Gasteiger partial charge in [0.1, 0.15) is 0 Å². The van der Waals surface area contributed by atoms with Crippen molar-refractivity contribution in [3.05, 3.63) is 0 Å². The predicted octanol–water partition coefficient (Wildman–Crippen LogP) is 0.769. The number of rotatable bonds is 5. The van der Waals surface area contributed by atoms with Crippen LogP contribution in [0, 0.1) is 5.92 Å². The molecule has 1 fully saturated rings. The van der Waals surface area contributed by atoms with Gasteiger partial charge in [-0.2, -0.15) is 0 Å². The van der Waals surface area contributed by atoms with Crippen molar-refractivity contribution in [2.75, 3.05) is 32.7 Å². The molecule has 106 valence electrons. The summed E-state index contributed by atoms with van der Waals surface area (Å²) in [5, 5.41) is 0. The van der Waals surface area contributed by atoms with E-state index in [0.29, 0.717) is 26.2 Å². The molecule has 0 radical (unpaired) electrons. The maximum absolute atomic E-state index is 12.2. The summed E-state index contributed by atoms with van der Waals surface area (Å²) >= 11 is 0. The molecule has 6 heteroatoms. The number of carbonyl (C=O) groups excluding carboxylic acids is 1. The smallest absolute Gasteiger partial charge is 0.251 e. The summed E-state index contributed by atoms with van der Waals surface area (Å²) in [5.41, 5.74) is 5.89. The monoisotopic (exact) mass is 263 g/mol. The van der Waals surface area contributed by atoms with E-state index in [0.717, 1.165) is 6.42 Å². The van der Waals surface area contributed by atoms with Crippen LogP contribution in [-0.4, -0.2) is 60.9 Å². The van der Waals surface area contributed by atoms with Gasteiger partial charge in [0.05, 0.1) is 12.6 Å². The molecule has 1 aliphatic heterocycles. The number of hydrogen-bond donors (Lipinski definition) is 1. The molecule has 1 saturated heterocycles. The first-order valence-corrected chi connectivity index (χ1v) is 6.50. The molecule has 0 aromatic carbocycles. The largest absolute Gasteiger partial charge is 0.339 e. The van der Waals surface area contributed by atoms with E-state index in [2.05, 4.69) is 0 Å². The highest BCUT2D eigenvalue weighted by Gasteiger charge is 2.28. The number of nitrogens with two attached hydrogens (primary N) is 1. The van der Waals surface area contributed by atoms with Gasteiger partial charge >= 0.3 is 0 Å². The van der Waals surface area contributed by atoms with Gasteiger partial charge in [-0.1, -0.05) is 20.3 Å². The van der Waals surface area contributed by atoms with E-state index < -0.39 is 12.5 Å². The van der Waals surface area contributed by atoms with Crippen LogP contribution in [0.5, 0.6) is 0 Å². The van der Waals surface area contributed by atoms with Gasteiger partial charge in [-0.3, -0.25) is 9.69 Å². The zero-order valence-corrected chi connectivity index (χ0v) is 11.1. The summed E-state index contributed by atoms with van der Waals surface area (Å²) in [7, 11) is 0. The molecule has 0 spiro atoms. The second-order valence-electron chi connectivity index (χ2n) is 4.93. The lowest BCUT2D eigenvalue weighted by atomic mass is 9.98. The molecular weight excluding hydrogens is 240 g/mol. The Bertz CT molecular complexity index is 268. The lowest BCUT2D eigenvalue weighted by Crippen LogP contribution is -2.55. The zero-order chi connectivity index (χ0) is 13.7. The minimum atomic E-state index is -2.31. The SMILES string of the molecule is CCC(C)C(N)C(=O)N1CCN(CC(F)F)CC1. The second kappa shape index (κ2) is 6.99. The van der Waals surface area contributed by atoms with E-state index in [1.807, 2.05) is 13.8 Å². The summed E-state index contributed by atoms with van der Waals surface area (Å²) in [4.78, 5) is 15.4. The summed E-state index contributed by atoms with van der Waals surface area (Å²) in [6.07, 6.45) is -1.45. The maximum Gasteiger partial charge on any atom is 0.251 e. The average molecular weight is 263 g/mol. The molecule has 4 nitrogen and oxygen atoms in total. The van der Waals surface area contributed by atoms with Crippen molar-refractivity contribution in [1.29, 1.82) is 0 Å². The van der Waals surface area contributed by atoms with Crippen molar-refractivity contribution >= 4 is 5.91 Å². The average Bonchev–Trinajstić information content (AvgIpc) is 2.36. The van der Waals surface area contributed by atoms with Crippen molar-refractivity contribution in [2.45, 2.75) is 32.7 Å². The Morgan fingerprint density at radius 2 is 1.83 bits per heavy atom. The van der Waals surface area contributed by atoms with Crippen LogP contribution in [0.25, 0.3) is 0 Å². The van der Waals surface area contributed by atoms with E-state index >= 15 is 0 Å². The van der Waals surface area contributed by atoms with Crippen molar-refractivity contribution < 1.29 is 13.6 Å². The van der Waals surface area contributed by atoms with Gasteiger partial charge in [0.25, 0.3) is 6.43 Å². The molecule has 2 atom stereocenters. The van der Waals surface area contributed by atoms with Gasteiger partial charge in [-0.25, -0.2) is 8.78 Å². The standard InChI is InChI=1S/C12H23F2N3O/c1-3-9(2)11(15)12(18)17-6-4-16(5-7-17)8-10(13)14/h9-11H,3-8,15H2,1-2H3. The highest BCUT2D eigenvalue weighted by atomic mass is 19.3. The number of carbonyl (C=O) groups is 1. The van der Waals surface area contributed by atoms with E-state index in [1.165, 1.54) is 0 Å². The maximum atomic E-state index is 12.2. The minimum Gasteiger partial charge on any atom is -0.339 e. The molecule has 1 heterocycles. The molecule has 0 aliphatic carbocycles. The van der Waals surface area contributed by atoms with E-state index in [4.69, 9.17) is 5.73 Å². The summed E-state index contributed by atoms with van der Waals surface area (Å²) < 4.78 is 24.4. The molecule has 18 heavy (non-hydrogen) atoms. The van der Waals surface area contributed by atoms with Gasteiger partial charge in [0, 0.05) is 26.2 Å². The minimum absolute atomic E-state index is 0.0546. The summed E-state index contributed by atoms with van der Waals surface area (Å²) in [5.74, 6) is 0.0950. The Labute approximate surface area is 107 Å². The Morgan fingerprint density at radius 3 is 2.28 bits per heavy atom. The third kappa shape index (κ3) is 4.17. The Morgan fingerprint density at radius 1 is 1.28 bits per heavy atom. The van der Waals surface area contributed by atoms with Crippen molar-refractivity contribution in [2.24, 2.45) is 11.7 Å². The fourth-order valence-electron chi connectivity index (χ4n) is 2.05. The van der Waals surface area contributed by atoms with Gasteiger partial charge in [0.15, 0.2) is 0 Å². The lowest BCUT2D eigenvalue weighted by molar-refractivity contribution is -0.135. The van der Waals surface area contributed by atoms with Crippen LogP contribution in [0.15, 0.2) is 0 Å². The normalized spacial score (nSPS) is 21.1. The van der Waals surface area contributed by atoms with Crippen molar-refractivity contribution in [3.63, 3.8) is 0 Å². The quantitative estimate of drug-likeness (QED) is 0.797. The summed E-state index contributed by atoms with van der Waals surface area (Å²) in [6, 6.07) is -0.475. The van der Waals surface area contributed by atoms with Crippen LogP contribution >= 0.6 is 0 Å². The van der Waals surface area contributed by atoms with E-state index in [-0.39, 0.29) is 18.4 Å². The number of nitrogens with zero attached hydrogens (tertiary/aromatic N) is 2. The topological polar surface area (TPSA) is 49.6 Å². The molecule has 0 aromatic heterocycles. The van der Waals surface area contributed by atoms with Crippen LogP contribution < -0.4 is 5.73 Å². The van der Waals surface area contributed by atoms with Crippen LogP contribution in [0.1, 0.15) is 20.3 Å². The van der Waals surface area contributed by atoms with Gasteiger partial charge in [-0.05, 0) is 5.92 Å². The Kier molecular flexibility index (Phi) is 5.95.